The molecule has 34 heavy (non-hydrogen) atoms. The van der Waals surface area contributed by atoms with Gasteiger partial charge in [0.25, 0.3) is 0 Å². The van der Waals surface area contributed by atoms with Crippen molar-refractivity contribution in [1.82, 2.24) is 4.72 Å². The molecule has 1 unspecified atom stereocenters. The third kappa shape index (κ3) is 5.42. The maximum atomic E-state index is 13.3. The number of aldehydes is 1. The standard InChI is InChI=1S/C27H31FN4OS/c28-23-5-7-24(8-6-23)31-26-15-22(11-12-30-34)27(19-33,17-21(26)18-29)16-20-3-9-25(10-4-20)32-13-1-2-14-32/h3-10,15,18-19,30,34H,1-2,11-14,16-17,29H2. The molecule has 1 saturated heterocycles. The van der Waals surface area contributed by atoms with Crippen molar-refractivity contribution in [1.29, 1.82) is 0 Å². The molecule has 3 N–H and O–H groups in total. The summed E-state index contributed by atoms with van der Waals surface area (Å²) in [6.07, 6.45) is 8.71. The fraction of sp³-hybridized carbons (Fsp3) is 0.333. The third-order valence-corrected chi connectivity index (χ3v) is 6.95. The minimum Gasteiger partial charge on any atom is -0.404 e. The van der Waals surface area contributed by atoms with Gasteiger partial charge in [-0.1, -0.05) is 30.5 Å². The molecule has 1 fully saturated rings. The Kier molecular flexibility index (Phi) is 7.85. The number of nitrogens with one attached hydrogen (secondary N) is 1. The Balaban J connectivity index is 1.67. The molecule has 4 rings (SSSR count). The van der Waals surface area contributed by atoms with Crippen LogP contribution in [0.3, 0.4) is 0 Å². The monoisotopic (exact) mass is 478 g/mol. The molecule has 7 heteroatoms. The van der Waals surface area contributed by atoms with Crippen LogP contribution >= 0.6 is 12.8 Å². The average Bonchev–Trinajstić information content (AvgIpc) is 3.40. The van der Waals surface area contributed by atoms with Crippen molar-refractivity contribution in [3.05, 3.63) is 83.3 Å². The number of nitrogens with two attached hydrogens (primary N) is 1. The summed E-state index contributed by atoms with van der Waals surface area (Å²) >= 11 is 4.14. The molecule has 0 saturated carbocycles. The lowest BCUT2D eigenvalue weighted by atomic mass is 9.67. The highest BCUT2D eigenvalue weighted by Gasteiger charge is 2.39. The van der Waals surface area contributed by atoms with E-state index < -0.39 is 5.41 Å². The van der Waals surface area contributed by atoms with Crippen molar-refractivity contribution in [3.63, 3.8) is 0 Å². The van der Waals surface area contributed by atoms with Crippen LogP contribution in [-0.2, 0) is 11.2 Å². The second kappa shape index (κ2) is 11.0. The second-order valence-electron chi connectivity index (χ2n) is 8.98. The number of hydrogen-bond acceptors (Lipinski definition) is 6. The molecule has 0 radical (unpaired) electrons. The van der Waals surface area contributed by atoms with Gasteiger partial charge in [0.1, 0.15) is 12.1 Å². The molecular weight excluding hydrogens is 447 g/mol. The molecule has 2 aromatic rings. The maximum Gasteiger partial charge on any atom is 0.130 e. The summed E-state index contributed by atoms with van der Waals surface area (Å²) in [5.74, 6) is -0.311. The van der Waals surface area contributed by atoms with E-state index in [-0.39, 0.29) is 5.82 Å². The predicted molar refractivity (Wildman–Crippen MR) is 140 cm³/mol. The van der Waals surface area contributed by atoms with Crippen LogP contribution < -0.4 is 15.4 Å². The average molecular weight is 479 g/mol. The molecule has 2 aromatic carbocycles. The number of benzene rings is 2. The Bertz CT molecular complexity index is 1090. The quantitative estimate of drug-likeness (QED) is 0.372. The predicted octanol–water partition coefficient (Wildman–Crippen LogP) is 4.92. The van der Waals surface area contributed by atoms with E-state index in [0.29, 0.717) is 37.2 Å². The van der Waals surface area contributed by atoms with Crippen molar-refractivity contribution in [2.24, 2.45) is 16.1 Å². The Morgan fingerprint density at radius 1 is 1.12 bits per heavy atom. The highest BCUT2D eigenvalue weighted by Crippen LogP contribution is 2.42. The van der Waals surface area contributed by atoms with Crippen LogP contribution in [0, 0.1) is 11.2 Å². The molecule has 1 atom stereocenters. The van der Waals surface area contributed by atoms with Gasteiger partial charge >= 0.3 is 0 Å². The summed E-state index contributed by atoms with van der Waals surface area (Å²) in [7, 11) is 0. The summed E-state index contributed by atoms with van der Waals surface area (Å²) in [5.41, 5.74) is 10.7. The lowest BCUT2D eigenvalue weighted by molar-refractivity contribution is -0.114. The van der Waals surface area contributed by atoms with Gasteiger partial charge in [-0.2, -0.15) is 0 Å². The molecule has 0 amide bonds. The normalized spacial score (nSPS) is 22.9. The maximum absolute atomic E-state index is 13.3. The number of thiol groups is 1. The van der Waals surface area contributed by atoms with Gasteiger partial charge in [-0.25, -0.2) is 9.38 Å². The summed E-state index contributed by atoms with van der Waals surface area (Å²) in [6.45, 7) is 2.81. The zero-order valence-electron chi connectivity index (χ0n) is 19.2. The number of aliphatic imine (C=N–C) groups is 1. The first-order valence-corrected chi connectivity index (χ1v) is 12.2. The van der Waals surface area contributed by atoms with Gasteiger partial charge in [-0.3, -0.25) is 4.72 Å². The summed E-state index contributed by atoms with van der Waals surface area (Å²) in [4.78, 5) is 19.8. The summed E-state index contributed by atoms with van der Waals surface area (Å²) < 4.78 is 16.2. The Hall–Kier alpha value is -2.90. The van der Waals surface area contributed by atoms with Crippen LogP contribution in [0.5, 0.6) is 0 Å². The van der Waals surface area contributed by atoms with E-state index in [1.54, 1.807) is 12.1 Å². The number of anilines is 1. The van der Waals surface area contributed by atoms with E-state index in [2.05, 4.69) is 46.7 Å². The van der Waals surface area contributed by atoms with Gasteiger partial charge in [0.15, 0.2) is 0 Å². The first kappa shape index (κ1) is 24.2. The SMILES string of the molecule is NC=C1CC(C=O)(Cc2ccc(N3CCCC3)cc2)C(CCNS)=CC1=Nc1ccc(F)cc1. The fourth-order valence-corrected chi connectivity index (χ4v) is 4.97. The Morgan fingerprint density at radius 2 is 1.82 bits per heavy atom. The van der Waals surface area contributed by atoms with Gasteiger partial charge in [0.05, 0.1) is 16.8 Å². The molecule has 178 valence electrons. The van der Waals surface area contributed by atoms with Gasteiger partial charge in [0, 0.05) is 25.3 Å². The molecule has 1 aliphatic heterocycles. The van der Waals surface area contributed by atoms with Gasteiger partial charge in [-0.15, -0.1) is 0 Å². The zero-order valence-corrected chi connectivity index (χ0v) is 20.1. The van der Waals surface area contributed by atoms with Gasteiger partial charge in [-0.05, 0) is 91.9 Å². The minimum absolute atomic E-state index is 0.311. The molecule has 0 aromatic heterocycles. The molecule has 0 spiro atoms. The first-order chi connectivity index (χ1) is 16.6. The fourth-order valence-electron chi connectivity index (χ4n) is 4.86. The zero-order chi connectivity index (χ0) is 24.0. The van der Waals surface area contributed by atoms with Gasteiger partial charge < -0.3 is 15.4 Å². The molecule has 5 nitrogen and oxygen atoms in total. The van der Waals surface area contributed by atoms with E-state index in [1.807, 2.05) is 6.08 Å². The van der Waals surface area contributed by atoms with Crippen LogP contribution in [0.25, 0.3) is 0 Å². The lowest BCUT2D eigenvalue weighted by Gasteiger charge is -2.36. The number of carbonyl (C=O) groups excluding carboxylic acids is 1. The van der Waals surface area contributed by atoms with E-state index >= 15 is 0 Å². The minimum atomic E-state index is -0.715. The van der Waals surface area contributed by atoms with Crippen LogP contribution in [0.15, 0.2) is 76.9 Å². The Labute approximate surface area is 206 Å². The van der Waals surface area contributed by atoms with E-state index in [0.717, 1.165) is 36.1 Å². The molecule has 0 bridgehead atoms. The van der Waals surface area contributed by atoms with Crippen LogP contribution in [0.4, 0.5) is 15.8 Å². The number of hydrogen-bond donors (Lipinski definition) is 3. The van der Waals surface area contributed by atoms with Crippen molar-refractivity contribution in [2.75, 3.05) is 24.5 Å². The Morgan fingerprint density at radius 3 is 2.44 bits per heavy atom. The van der Waals surface area contributed by atoms with Crippen molar-refractivity contribution >= 4 is 36.2 Å². The smallest absolute Gasteiger partial charge is 0.130 e. The first-order valence-electron chi connectivity index (χ1n) is 11.7. The van der Waals surface area contributed by atoms with E-state index in [9.17, 15) is 9.18 Å². The second-order valence-corrected chi connectivity index (χ2v) is 9.30. The van der Waals surface area contributed by atoms with Crippen LogP contribution in [0.1, 0.15) is 31.2 Å². The number of rotatable bonds is 8. The molecule has 1 aliphatic carbocycles. The highest BCUT2D eigenvalue weighted by molar-refractivity contribution is 7.78. The van der Waals surface area contributed by atoms with E-state index in [1.165, 1.54) is 36.9 Å². The van der Waals surface area contributed by atoms with Gasteiger partial charge in [0.2, 0.25) is 0 Å². The van der Waals surface area contributed by atoms with Crippen molar-refractivity contribution in [2.45, 2.75) is 32.1 Å². The summed E-state index contributed by atoms with van der Waals surface area (Å²) in [6, 6.07) is 14.6. The largest absolute Gasteiger partial charge is 0.404 e. The topological polar surface area (TPSA) is 70.7 Å². The third-order valence-electron chi connectivity index (χ3n) is 6.72. The lowest BCUT2D eigenvalue weighted by Crippen LogP contribution is -2.35. The van der Waals surface area contributed by atoms with Crippen molar-refractivity contribution < 1.29 is 9.18 Å². The number of halogens is 1. The van der Waals surface area contributed by atoms with E-state index in [4.69, 9.17) is 10.7 Å². The number of carbonyl (C=O) groups is 1. The highest BCUT2D eigenvalue weighted by atomic mass is 32.1. The van der Waals surface area contributed by atoms with Crippen LogP contribution in [0.2, 0.25) is 0 Å². The molecular formula is C27H31FN4OS. The molecule has 1 heterocycles. The van der Waals surface area contributed by atoms with Crippen molar-refractivity contribution in [3.8, 4) is 0 Å². The van der Waals surface area contributed by atoms with Crippen LogP contribution in [-0.4, -0.2) is 31.6 Å². The molecule has 2 aliphatic rings. The summed E-state index contributed by atoms with van der Waals surface area (Å²) in [5, 5.41) is 0. The number of nitrogens with zero attached hydrogens (tertiary/aromatic N) is 2. The number of allylic oxidation sites excluding steroid dienone is 2.